The Morgan fingerprint density at radius 2 is 2.06 bits per heavy atom. The highest BCUT2D eigenvalue weighted by Gasteiger charge is 2.11. The number of rotatable bonds is 6. The van der Waals surface area contributed by atoms with Gasteiger partial charge in [-0.1, -0.05) is 23.2 Å². The highest BCUT2D eigenvalue weighted by molar-refractivity contribution is 8.00. The summed E-state index contributed by atoms with van der Waals surface area (Å²) in [5.41, 5.74) is 0.412. The molecular weight excluding hydrogens is 295 g/mol. The van der Waals surface area contributed by atoms with Gasteiger partial charge < -0.3 is 4.74 Å². The van der Waals surface area contributed by atoms with Crippen LogP contribution < -0.4 is 0 Å². The third-order valence-corrected chi connectivity index (χ3v) is 3.66. The molecule has 1 rings (SSSR count). The van der Waals surface area contributed by atoms with Crippen LogP contribution in [0.1, 0.15) is 16.8 Å². The maximum absolute atomic E-state index is 11.9. The van der Waals surface area contributed by atoms with Crippen LogP contribution in [0.5, 0.6) is 0 Å². The van der Waals surface area contributed by atoms with Gasteiger partial charge in [-0.25, -0.2) is 0 Å². The summed E-state index contributed by atoms with van der Waals surface area (Å²) < 4.78 is 4.50. The van der Waals surface area contributed by atoms with E-state index in [4.69, 9.17) is 23.2 Å². The second-order valence-electron chi connectivity index (χ2n) is 3.43. The average molecular weight is 307 g/mol. The first-order chi connectivity index (χ1) is 8.54. The molecule has 1 aromatic rings. The Morgan fingerprint density at radius 1 is 1.33 bits per heavy atom. The summed E-state index contributed by atoms with van der Waals surface area (Å²) in [6, 6.07) is 4.77. The Kier molecular flexibility index (Phi) is 6.54. The van der Waals surface area contributed by atoms with Crippen molar-refractivity contribution in [2.45, 2.75) is 6.42 Å². The maximum Gasteiger partial charge on any atom is 0.306 e. The minimum atomic E-state index is -0.282. The molecule has 0 saturated heterocycles. The number of esters is 1. The van der Waals surface area contributed by atoms with E-state index in [1.807, 2.05) is 0 Å². The lowest BCUT2D eigenvalue weighted by Gasteiger charge is -2.04. The van der Waals surface area contributed by atoms with Gasteiger partial charge in [0.1, 0.15) is 0 Å². The summed E-state index contributed by atoms with van der Waals surface area (Å²) in [5.74, 6) is 0.418. The predicted octanol–water partition coefficient (Wildman–Crippen LogP) is 3.47. The van der Waals surface area contributed by atoms with E-state index in [1.165, 1.54) is 18.9 Å². The van der Waals surface area contributed by atoms with Crippen LogP contribution in [0.2, 0.25) is 10.0 Å². The largest absolute Gasteiger partial charge is 0.469 e. The first-order valence-corrected chi connectivity index (χ1v) is 7.08. The number of carbonyl (C=O) groups excluding carboxylic acids is 2. The Morgan fingerprint density at radius 3 is 2.72 bits per heavy atom. The third kappa shape index (κ3) is 4.88. The minimum absolute atomic E-state index is 0.0997. The van der Waals surface area contributed by atoms with Gasteiger partial charge in [0.25, 0.3) is 0 Å². The molecule has 1 aromatic carbocycles. The van der Waals surface area contributed by atoms with E-state index in [1.54, 1.807) is 18.2 Å². The zero-order valence-electron chi connectivity index (χ0n) is 9.74. The molecule has 0 unspecified atom stereocenters. The van der Waals surface area contributed by atoms with Crippen LogP contribution in [0, 0.1) is 0 Å². The fourth-order valence-corrected chi connectivity index (χ4v) is 2.40. The van der Waals surface area contributed by atoms with E-state index in [0.29, 0.717) is 21.4 Å². The van der Waals surface area contributed by atoms with Crippen LogP contribution in [0.25, 0.3) is 0 Å². The lowest BCUT2D eigenvalue weighted by molar-refractivity contribution is -0.140. The molecule has 0 aliphatic carbocycles. The maximum atomic E-state index is 11.9. The van der Waals surface area contributed by atoms with Crippen molar-refractivity contribution in [2.24, 2.45) is 0 Å². The molecule has 98 valence electrons. The van der Waals surface area contributed by atoms with Crippen molar-refractivity contribution in [2.75, 3.05) is 18.6 Å². The van der Waals surface area contributed by atoms with Crippen molar-refractivity contribution >= 4 is 46.7 Å². The number of Topliss-reactive ketones (excluding diaryl/α,β-unsaturated/α-hetero) is 1. The number of ketones is 1. The van der Waals surface area contributed by atoms with Gasteiger partial charge in [-0.2, -0.15) is 11.8 Å². The number of carbonyl (C=O) groups is 2. The monoisotopic (exact) mass is 306 g/mol. The molecule has 0 N–H and O–H groups in total. The molecule has 0 aliphatic heterocycles. The van der Waals surface area contributed by atoms with E-state index in [-0.39, 0.29) is 23.9 Å². The standard InChI is InChI=1S/C12H12Cl2O3S/c1-17-12(16)4-5-18-7-11(15)9-6-8(13)2-3-10(9)14/h2-3,6H,4-5,7H2,1H3. The van der Waals surface area contributed by atoms with Crippen molar-refractivity contribution in [1.29, 1.82) is 0 Å². The fraction of sp³-hybridized carbons (Fsp3) is 0.333. The lowest BCUT2D eigenvalue weighted by Crippen LogP contribution is -2.06. The number of hydrogen-bond acceptors (Lipinski definition) is 4. The van der Waals surface area contributed by atoms with Gasteiger partial charge in [0.05, 0.1) is 24.3 Å². The molecule has 6 heteroatoms. The summed E-state index contributed by atoms with van der Waals surface area (Å²) >= 11 is 13.1. The van der Waals surface area contributed by atoms with Crippen molar-refractivity contribution in [3.05, 3.63) is 33.8 Å². The average Bonchev–Trinajstić information content (AvgIpc) is 2.36. The van der Waals surface area contributed by atoms with E-state index in [2.05, 4.69) is 4.74 Å². The van der Waals surface area contributed by atoms with Crippen LogP contribution in [0.3, 0.4) is 0 Å². The van der Waals surface area contributed by atoms with Crippen LogP contribution >= 0.6 is 35.0 Å². The molecule has 3 nitrogen and oxygen atoms in total. The van der Waals surface area contributed by atoms with Crippen molar-refractivity contribution in [3.8, 4) is 0 Å². The van der Waals surface area contributed by atoms with Gasteiger partial charge in [-0.05, 0) is 18.2 Å². The zero-order valence-corrected chi connectivity index (χ0v) is 12.1. The molecule has 18 heavy (non-hydrogen) atoms. The van der Waals surface area contributed by atoms with Crippen molar-refractivity contribution in [3.63, 3.8) is 0 Å². The lowest BCUT2D eigenvalue weighted by atomic mass is 10.1. The molecule has 0 fully saturated rings. The Labute approximate surface area is 120 Å². The Hall–Kier alpha value is -0.710. The zero-order chi connectivity index (χ0) is 13.5. The smallest absolute Gasteiger partial charge is 0.306 e. The highest BCUT2D eigenvalue weighted by atomic mass is 35.5. The van der Waals surface area contributed by atoms with E-state index >= 15 is 0 Å². The second-order valence-corrected chi connectivity index (χ2v) is 5.37. The number of halogens is 2. The number of hydrogen-bond donors (Lipinski definition) is 0. The predicted molar refractivity (Wildman–Crippen MR) is 74.8 cm³/mol. The van der Waals surface area contributed by atoms with Gasteiger partial charge in [-0.3, -0.25) is 9.59 Å². The Bertz CT molecular complexity index is 449. The number of thioether (sulfide) groups is 1. The first kappa shape index (κ1) is 15.3. The highest BCUT2D eigenvalue weighted by Crippen LogP contribution is 2.22. The molecular formula is C12H12Cl2O3S. The minimum Gasteiger partial charge on any atom is -0.469 e. The Balaban J connectivity index is 2.46. The van der Waals surface area contributed by atoms with Gasteiger partial charge in [-0.15, -0.1) is 0 Å². The normalized spacial score (nSPS) is 10.2. The third-order valence-electron chi connectivity index (χ3n) is 2.14. The molecule has 0 radical (unpaired) electrons. The van der Waals surface area contributed by atoms with Crippen LogP contribution in [-0.2, 0) is 9.53 Å². The number of ether oxygens (including phenoxy) is 1. The van der Waals surface area contributed by atoms with Crippen LogP contribution in [0.15, 0.2) is 18.2 Å². The fourth-order valence-electron chi connectivity index (χ4n) is 1.21. The first-order valence-electron chi connectivity index (χ1n) is 5.17. The molecule has 0 bridgehead atoms. The number of benzene rings is 1. The molecule has 0 amide bonds. The SMILES string of the molecule is COC(=O)CCSCC(=O)c1cc(Cl)ccc1Cl. The summed E-state index contributed by atoms with van der Waals surface area (Å²) in [4.78, 5) is 22.7. The second kappa shape index (κ2) is 7.67. The van der Waals surface area contributed by atoms with Gasteiger partial charge in [0, 0.05) is 16.3 Å². The number of methoxy groups -OCH3 is 1. The van der Waals surface area contributed by atoms with Gasteiger partial charge in [0.2, 0.25) is 0 Å². The van der Waals surface area contributed by atoms with Gasteiger partial charge >= 0.3 is 5.97 Å². The summed E-state index contributed by atoms with van der Waals surface area (Å²) in [5, 5.41) is 0.861. The molecule has 0 saturated carbocycles. The molecule has 0 heterocycles. The molecule has 0 spiro atoms. The summed E-state index contributed by atoms with van der Waals surface area (Å²) in [7, 11) is 1.34. The van der Waals surface area contributed by atoms with E-state index in [0.717, 1.165) is 0 Å². The summed E-state index contributed by atoms with van der Waals surface area (Å²) in [6.45, 7) is 0. The molecule has 0 aromatic heterocycles. The topological polar surface area (TPSA) is 43.4 Å². The summed E-state index contributed by atoms with van der Waals surface area (Å²) in [6.07, 6.45) is 0.289. The van der Waals surface area contributed by atoms with Crippen molar-refractivity contribution < 1.29 is 14.3 Å². The van der Waals surface area contributed by atoms with Crippen LogP contribution in [-0.4, -0.2) is 30.4 Å². The van der Waals surface area contributed by atoms with Gasteiger partial charge in [0.15, 0.2) is 5.78 Å². The van der Waals surface area contributed by atoms with E-state index < -0.39 is 0 Å². The van der Waals surface area contributed by atoms with Crippen molar-refractivity contribution in [1.82, 2.24) is 0 Å². The molecule has 0 aliphatic rings. The molecule has 0 atom stereocenters. The van der Waals surface area contributed by atoms with Crippen LogP contribution in [0.4, 0.5) is 0 Å². The quantitative estimate of drug-likeness (QED) is 0.458. The van der Waals surface area contributed by atoms with E-state index in [9.17, 15) is 9.59 Å².